The van der Waals surface area contributed by atoms with Crippen molar-refractivity contribution in [3.63, 3.8) is 0 Å². The van der Waals surface area contributed by atoms with Crippen LogP contribution in [0, 0.1) is 5.82 Å². The van der Waals surface area contributed by atoms with Crippen molar-refractivity contribution in [2.24, 2.45) is 0 Å². The number of rotatable bonds is 3. The molecule has 0 atom stereocenters. The summed E-state index contributed by atoms with van der Waals surface area (Å²) in [7, 11) is 1.19. The number of esters is 1. The van der Waals surface area contributed by atoms with E-state index in [1.54, 1.807) is 0 Å². The van der Waals surface area contributed by atoms with Crippen molar-refractivity contribution in [2.75, 3.05) is 7.11 Å². The number of hydroxylamine groups is 1. The van der Waals surface area contributed by atoms with Gasteiger partial charge in [-0.15, -0.1) is 0 Å². The molecular formula is C9H10FNO3. The quantitative estimate of drug-likeness (QED) is 0.565. The summed E-state index contributed by atoms with van der Waals surface area (Å²) in [6, 6.07) is 4.00. The van der Waals surface area contributed by atoms with E-state index in [4.69, 9.17) is 5.21 Å². The van der Waals surface area contributed by atoms with E-state index >= 15 is 0 Å². The highest BCUT2D eigenvalue weighted by Gasteiger charge is 2.11. The first-order valence-corrected chi connectivity index (χ1v) is 3.92. The maximum atomic E-state index is 13.2. The average molecular weight is 199 g/mol. The molecule has 14 heavy (non-hydrogen) atoms. The number of ether oxygens (including phenoxy) is 1. The highest BCUT2D eigenvalue weighted by atomic mass is 19.1. The van der Waals surface area contributed by atoms with Crippen molar-refractivity contribution in [2.45, 2.75) is 6.54 Å². The van der Waals surface area contributed by atoms with Gasteiger partial charge in [0.25, 0.3) is 0 Å². The van der Waals surface area contributed by atoms with Gasteiger partial charge < -0.3 is 9.94 Å². The molecule has 0 saturated carbocycles. The summed E-state index contributed by atoms with van der Waals surface area (Å²) in [4.78, 5) is 11.0. The van der Waals surface area contributed by atoms with Gasteiger partial charge in [0.15, 0.2) is 0 Å². The van der Waals surface area contributed by atoms with Crippen LogP contribution in [0.5, 0.6) is 0 Å². The van der Waals surface area contributed by atoms with Gasteiger partial charge >= 0.3 is 5.97 Å². The molecule has 0 saturated heterocycles. The first-order valence-electron chi connectivity index (χ1n) is 3.92. The molecule has 4 nitrogen and oxygen atoms in total. The Kier molecular flexibility index (Phi) is 3.55. The van der Waals surface area contributed by atoms with Gasteiger partial charge in [0.2, 0.25) is 0 Å². The summed E-state index contributed by atoms with van der Waals surface area (Å²) in [5.74, 6) is -1.38. The molecule has 0 aromatic heterocycles. The van der Waals surface area contributed by atoms with E-state index in [0.717, 1.165) is 6.07 Å². The van der Waals surface area contributed by atoms with Crippen LogP contribution in [0.2, 0.25) is 0 Å². The Hall–Kier alpha value is -1.46. The molecule has 0 unspecified atom stereocenters. The van der Waals surface area contributed by atoms with Crippen molar-refractivity contribution >= 4 is 5.97 Å². The first kappa shape index (κ1) is 10.6. The van der Waals surface area contributed by atoms with E-state index < -0.39 is 11.8 Å². The van der Waals surface area contributed by atoms with Crippen LogP contribution in [0.4, 0.5) is 4.39 Å². The Labute approximate surface area is 80.3 Å². The van der Waals surface area contributed by atoms with E-state index in [-0.39, 0.29) is 12.1 Å². The van der Waals surface area contributed by atoms with Crippen LogP contribution < -0.4 is 5.48 Å². The molecule has 0 spiro atoms. The van der Waals surface area contributed by atoms with Gasteiger partial charge in [0.1, 0.15) is 5.82 Å². The molecule has 0 aliphatic carbocycles. The number of methoxy groups -OCH3 is 1. The second-order valence-electron chi connectivity index (χ2n) is 2.64. The molecule has 0 fully saturated rings. The molecule has 0 bridgehead atoms. The molecule has 76 valence electrons. The molecule has 0 aliphatic heterocycles. The Balaban J connectivity index is 2.95. The standard InChI is InChI=1S/C9H10FNO3/c1-14-9(12)7-3-2-6(5-11-13)4-8(7)10/h2-4,11,13H,5H2,1H3. The largest absolute Gasteiger partial charge is 0.465 e. The Morgan fingerprint density at radius 3 is 2.86 bits per heavy atom. The monoisotopic (exact) mass is 199 g/mol. The minimum atomic E-state index is -0.717. The summed E-state index contributed by atoms with van der Waals surface area (Å²) >= 11 is 0. The number of hydrogen-bond acceptors (Lipinski definition) is 4. The van der Waals surface area contributed by atoms with Crippen molar-refractivity contribution in [3.05, 3.63) is 35.1 Å². The Morgan fingerprint density at radius 2 is 2.36 bits per heavy atom. The first-order chi connectivity index (χ1) is 6.69. The SMILES string of the molecule is COC(=O)c1ccc(CNO)cc1F. The fraction of sp³-hybridized carbons (Fsp3) is 0.222. The molecule has 0 radical (unpaired) electrons. The van der Waals surface area contributed by atoms with Crippen LogP contribution in [0.25, 0.3) is 0 Å². The summed E-state index contributed by atoms with van der Waals surface area (Å²) in [5, 5.41) is 8.37. The van der Waals surface area contributed by atoms with Crippen LogP contribution in [-0.2, 0) is 11.3 Å². The average Bonchev–Trinajstić information content (AvgIpc) is 2.17. The van der Waals surface area contributed by atoms with Gasteiger partial charge in [-0.1, -0.05) is 6.07 Å². The third-order valence-corrected chi connectivity index (χ3v) is 1.72. The topological polar surface area (TPSA) is 58.6 Å². The molecule has 1 rings (SSSR count). The van der Waals surface area contributed by atoms with Crippen molar-refractivity contribution < 1.29 is 19.1 Å². The molecule has 0 amide bonds. The number of benzene rings is 1. The molecule has 1 aromatic carbocycles. The van der Waals surface area contributed by atoms with Gasteiger partial charge in [-0.3, -0.25) is 0 Å². The number of carbonyl (C=O) groups excluding carboxylic acids is 1. The fourth-order valence-corrected chi connectivity index (χ4v) is 1.04. The molecule has 0 aliphatic rings. The summed E-state index contributed by atoms with van der Waals surface area (Å²) in [6.07, 6.45) is 0. The lowest BCUT2D eigenvalue weighted by Gasteiger charge is -2.03. The minimum absolute atomic E-state index is 0.116. The smallest absolute Gasteiger partial charge is 0.340 e. The highest BCUT2D eigenvalue weighted by molar-refractivity contribution is 5.89. The Bertz CT molecular complexity index is 341. The minimum Gasteiger partial charge on any atom is -0.465 e. The summed E-state index contributed by atoms with van der Waals surface area (Å²) in [6.45, 7) is 0.123. The zero-order valence-corrected chi connectivity index (χ0v) is 7.58. The van der Waals surface area contributed by atoms with Crippen molar-refractivity contribution in [1.29, 1.82) is 0 Å². The lowest BCUT2D eigenvalue weighted by Crippen LogP contribution is -2.09. The molecule has 1 aromatic rings. The van der Waals surface area contributed by atoms with Crippen LogP contribution in [-0.4, -0.2) is 18.3 Å². The van der Waals surface area contributed by atoms with Crippen molar-refractivity contribution in [3.8, 4) is 0 Å². The van der Waals surface area contributed by atoms with Crippen LogP contribution in [0.15, 0.2) is 18.2 Å². The maximum Gasteiger partial charge on any atom is 0.340 e. The summed E-state index contributed by atoms with van der Waals surface area (Å²) in [5.41, 5.74) is 2.31. The third kappa shape index (κ3) is 2.27. The van der Waals surface area contributed by atoms with Crippen LogP contribution >= 0.6 is 0 Å². The van der Waals surface area contributed by atoms with Gasteiger partial charge in [-0.25, -0.2) is 14.7 Å². The van der Waals surface area contributed by atoms with E-state index in [1.807, 2.05) is 5.48 Å². The maximum absolute atomic E-state index is 13.2. The van der Waals surface area contributed by atoms with Crippen LogP contribution in [0.3, 0.4) is 0 Å². The van der Waals surface area contributed by atoms with E-state index in [1.165, 1.54) is 19.2 Å². The predicted octanol–water partition coefficient (Wildman–Crippen LogP) is 1.09. The Morgan fingerprint density at radius 1 is 1.64 bits per heavy atom. The molecular weight excluding hydrogens is 189 g/mol. The fourth-order valence-electron chi connectivity index (χ4n) is 1.04. The second-order valence-corrected chi connectivity index (χ2v) is 2.64. The number of halogens is 1. The zero-order valence-electron chi connectivity index (χ0n) is 7.58. The van der Waals surface area contributed by atoms with E-state index in [9.17, 15) is 9.18 Å². The lowest BCUT2D eigenvalue weighted by atomic mass is 10.1. The molecule has 5 heteroatoms. The number of carbonyl (C=O) groups is 1. The number of nitrogens with one attached hydrogen (secondary N) is 1. The summed E-state index contributed by atoms with van der Waals surface area (Å²) < 4.78 is 17.6. The molecule has 0 heterocycles. The molecule has 2 N–H and O–H groups in total. The normalized spacial score (nSPS) is 9.93. The predicted molar refractivity (Wildman–Crippen MR) is 46.4 cm³/mol. The van der Waals surface area contributed by atoms with E-state index in [2.05, 4.69) is 4.74 Å². The third-order valence-electron chi connectivity index (χ3n) is 1.72. The van der Waals surface area contributed by atoms with E-state index in [0.29, 0.717) is 5.56 Å². The van der Waals surface area contributed by atoms with Gasteiger partial charge in [-0.2, -0.15) is 0 Å². The van der Waals surface area contributed by atoms with Crippen LogP contribution in [0.1, 0.15) is 15.9 Å². The zero-order chi connectivity index (χ0) is 10.6. The lowest BCUT2D eigenvalue weighted by molar-refractivity contribution is 0.0595. The second kappa shape index (κ2) is 4.69. The van der Waals surface area contributed by atoms with Gasteiger partial charge in [0.05, 0.1) is 12.7 Å². The van der Waals surface area contributed by atoms with Gasteiger partial charge in [0, 0.05) is 6.54 Å². The highest BCUT2D eigenvalue weighted by Crippen LogP contribution is 2.11. The van der Waals surface area contributed by atoms with Gasteiger partial charge in [-0.05, 0) is 17.7 Å². The number of hydrogen-bond donors (Lipinski definition) is 2. The van der Waals surface area contributed by atoms with Crippen molar-refractivity contribution in [1.82, 2.24) is 5.48 Å².